The minimum Gasteiger partial charge on any atom is -0.362 e. The molecule has 1 heterocycles. The van der Waals surface area contributed by atoms with Gasteiger partial charge in [0.15, 0.2) is 0 Å². The van der Waals surface area contributed by atoms with Crippen LogP contribution in [0.5, 0.6) is 0 Å². The maximum atomic E-state index is 11.4. The monoisotopic (exact) mass is 215 g/mol. The highest BCUT2D eigenvalue weighted by molar-refractivity contribution is 7.80. The second-order valence-electron chi connectivity index (χ2n) is 4.02. The highest BCUT2D eigenvalue weighted by Gasteiger charge is 2.45. The molecule has 0 spiro atoms. The minimum atomic E-state index is -0.214. The summed E-state index contributed by atoms with van der Waals surface area (Å²) in [5.41, 5.74) is 0.103. The van der Waals surface area contributed by atoms with Crippen molar-refractivity contribution in [3.05, 3.63) is 0 Å². The van der Waals surface area contributed by atoms with Gasteiger partial charge in [-0.1, -0.05) is 0 Å². The van der Waals surface area contributed by atoms with E-state index in [2.05, 4.69) is 12.6 Å². The van der Waals surface area contributed by atoms with Gasteiger partial charge in [0, 0.05) is 6.54 Å². The molecule has 0 atom stereocenters. The molecule has 1 aliphatic carbocycles. The van der Waals surface area contributed by atoms with Crippen molar-refractivity contribution in [2.75, 3.05) is 25.5 Å². The molecule has 2 aliphatic rings. The predicted octanol–water partition coefficient (Wildman–Crippen LogP) is 0.0818. The molecule has 0 aromatic rings. The van der Waals surface area contributed by atoms with E-state index >= 15 is 0 Å². The third kappa shape index (κ3) is 1.79. The largest absolute Gasteiger partial charge is 0.362 e. The second kappa shape index (κ2) is 3.55. The quantitative estimate of drug-likeness (QED) is 0.536. The summed E-state index contributed by atoms with van der Waals surface area (Å²) in [7, 11) is 0. The van der Waals surface area contributed by atoms with E-state index in [1.807, 2.05) is 0 Å². The molecule has 0 aromatic carbocycles. The van der Waals surface area contributed by atoms with Gasteiger partial charge in [-0.25, -0.2) is 0 Å². The van der Waals surface area contributed by atoms with Crippen LogP contribution in [-0.2, 0) is 14.3 Å². The number of hydrogen-bond acceptors (Lipinski definition) is 4. The lowest BCUT2D eigenvalue weighted by Gasteiger charge is -2.28. The molecular weight excluding hydrogens is 202 g/mol. The van der Waals surface area contributed by atoms with Crippen LogP contribution in [0, 0.1) is 5.41 Å². The van der Waals surface area contributed by atoms with E-state index in [1.54, 1.807) is 0 Å². The summed E-state index contributed by atoms with van der Waals surface area (Å²) in [6, 6.07) is 0. The maximum Gasteiger partial charge on any atom is 0.255 e. The first-order valence-electron chi connectivity index (χ1n) is 4.69. The van der Waals surface area contributed by atoms with Gasteiger partial charge < -0.3 is 4.74 Å². The van der Waals surface area contributed by atoms with Crippen molar-refractivity contribution >= 4 is 24.4 Å². The molecule has 0 radical (unpaired) electrons. The van der Waals surface area contributed by atoms with Crippen LogP contribution in [0.3, 0.4) is 0 Å². The van der Waals surface area contributed by atoms with Crippen LogP contribution >= 0.6 is 12.6 Å². The van der Waals surface area contributed by atoms with Gasteiger partial charge in [0.25, 0.3) is 11.8 Å². The molecule has 78 valence electrons. The standard InChI is InChI=1S/C9H13NO3S/c11-7-3-13-4-8(12)10(7)5-9(6-14)1-2-9/h14H,1-6H2. The zero-order valence-corrected chi connectivity index (χ0v) is 8.76. The van der Waals surface area contributed by atoms with Crippen molar-refractivity contribution in [2.24, 2.45) is 5.41 Å². The Morgan fingerprint density at radius 3 is 2.29 bits per heavy atom. The zero-order valence-electron chi connectivity index (χ0n) is 7.86. The fraction of sp³-hybridized carbons (Fsp3) is 0.778. The number of hydrogen-bond donors (Lipinski definition) is 1. The van der Waals surface area contributed by atoms with Gasteiger partial charge in [0.2, 0.25) is 0 Å². The Morgan fingerprint density at radius 1 is 1.29 bits per heavy atom. The Morgan fingerprint density at radius 2 is 1.86 bits per heavy atom. The first-order chi connectivity index (χ1) is 6.67. The van der Waals surface area contributed by atoms with Crippen LogP contribution < -0.4 is 0 Å². The lowest BCUT2D eigenvalue weighted by molar-refractivity contribution is -0.159. The van der Waals surface area contributed by atoms with Gasteiger partial charge in [-0.15, -0.1) is 0 Å². The van der Waals surface area contributed by atoms with E-state index in [1.165, 1.54) is 4.90 Å². The SMILES string of the molecule is O=C1COCC(=O)N1CC1(CS)CC1. The lowest BCUT2D eigenvalue weighted by Crippen LogP contribution is -2.48. The first kappa shape index (κ1) is 9.98. The van der Waals surface area contributed by atoms with Crippen LogP contribution in [-0.4, -0.2) is 42.2 Å². The third-order valence-electron chi connectivity index (χ3n) is 2.84. The Bertz CT molecular complexity index is 259. The van der Waals surface area contributed by atoms with Crippen LogP contribution in [0.4, 0.5) is 0 Å². The zero-order chi connectivity index (χ0) is 10.2. The van der Waals surface area contributed by atoms with Gasteiger partial charge in [-0.3, -0.25) is 14.5 Å². The highest BCUT2D eigenvalue weighted by atomic mass is 32.1. The number of rotatable bonds is 3. The summed E-state index contributed by atoms with van der Waals surface area (Å²) >= 11 is 4.24. The predicted molar refractivity (Wildman–Crippen MR) is 53.1 cm³/mol. The van der Waals surface area contributed by atoms with Crippen molar-refractivity contribution in [3.8, 4) is 0 Å². The summed E-state index contributed by atoms with van der Waals surface area (Å²) < 4.78 is 4.83. The summed E-state index contributed by atoms with van der Waals surface area (Å²) in [5, 5.41) is 0. The van der Waals surface area contributed by atoms with Crippen molar-refractivity contribution in [1.29, 1.82) is 0 Å². The number of amides is 2. The first-order valence-corrected chi connectivity index (χ1v) is 5.32. The fourth-order valence-electron chi connectivity index (χ4n) is 1.58. The molecule has 2 amide bonds. The molecule has 5 heteroatoms. The van der Waals surface area contributed by atoms with E-state index in [-0.39, 0.29) is 30.4 Å². The number of thiol groups is 1. The molecule has 0 bridgehead atoms. The number of ether oxygens (including phenoxy) is 1. The maximum absolute atomic E-state index is 11.4. The van der Waals surface area contributed by atoms with Gasteiger partial charge in [0.05, 0.1) is 0 Å². The molecule has 2 rings (SSSR count). The van der Waals surface area contributed by atoms with Crippen molar-refractivity contribution < 1.29 is 14.3 Å². The normalized spacial score (nSPS) is 25.4. The highest BCUT2D eigenvalue weighted by Crippen LogP contribution is 2.47. The summed E-state index contributed by atoms with van der Waals surface area (Å²) in [4.78, 5) is 24.1. The molecular formula is C9H13NO3S. The van der Waals surface area contributed by atoms with E-state index in [0.717, 1.165) is 18.6 Å². The van der Waals surface area contributed by atoms with E-state index in [4.69, 9.17) is 4.74 Å². The van der Waals surface area contributed by atoms with Crippen LogP contribution in [0.1, 0.15) is 12.8 Å². The molecule has 0 unspecified atom stereocenters. The summed E-state index contributed by atoms with van der Waals surface area (Å²) in [6.07, 6.45) is 2.13. The van der Waals surface area contributed by atoms with E-state index in [0.29, 0.717) is 6.54 Å². The molecule has 0 N–H and O–H groups in total. The van der Waals surface area contributed by atoms with E-state index < -0.39 is 0 Å². The Hall–Kier alpha value is -0.550. The van der Waals surface area contributed by atoms with Gasteiger partial charge in [0.1, 0.15) is 13.2 Å². The molecule has 1 saturated carbocycles. The smallest absolute Gasteiger partial charge is 0.255 e. The number of nitrogens with zero attached hydrogens (tertiary/aromatic N) is 1. The number of morpholine rings is 1. The topological polar surface area (TPSA) is 46.6 Å². The lowest BCUT2D eigenvalue weighted by atomic mass is 10.1. The van der Waals surface area contributed by atoms with Gasteiger partial charge >= 0.3 is 0 Å². The molecule has 0 aromatic heterocycles. The minimum absolute atomic E-state index is 0.0361. The summed E-state index contributed by atoms with van der Waals surface area (Å²) in [6.45, 7) is 0.598. The van der Waals surface area contributed by atoms with Crippen LogP contribution in [0.15, 0.2) is 0 Å². The van der Waals surface area contributed by atoms with Crippen LogP contribution in [0.2, 0.25) is 0 Å². The molecule has 1 aliphatic heterocycles. The van der Waals surface area contributed by atoms with Gasteiger partial charge in [-0.05, 0) is 24.0 Å². The van der Waals surface area contributed by atoms with Crippen molar-refractivity contribution in [1.82, 2.24) is 4.90 Å². The Balaban J connectivity index is 2.01. The second-order valence-corrected chi connectivity index (χ2v) is 4.34. The Kier molecular flexibility index (Phi) is 2.53. The fourth-order valence-corrected chi connectivity index (χ4v) is 1.99. The molecule has 14 heavy (non-hydrogen) atoms. The summed E-state index contributed by atoms with van der Waals surface area (Å²) in [5.74, 6) is 0.314. The molecule has 4 nitrogen and oxygen atoms in total. The van der Waals surface area contributed by atoms with Crippen LogP contribution in [0.25, 0.3) is 0 Å². The number of imide groups is 1. The molecule has 2 fully saturated rings. The average Bonchev–Trinajstić information content (AvgIpc) is 2.93. The third-order valence-corrected chi connectivity index (χ3v) is 3.51. The number of carbonyl (C=O) groups excluding carboxylic acids is 2. The van der Waals surface area contributed by atoms with Gasteiger partial charge in [-0.2, -0.15) is 12.6 Å². The number of carbonyl (C=O) groups is 2. The Labute approximate surface area is 88.0 Å². The van der Waals surface area contributed by atoms with Crippen molar-refractivity contribution in [3.63, 3.8) is 0 Å². The van der Waals surface area contributed by atoms with E-state index in [9.17, 15) is 9.59 Å². The van der Waals surface area contributed by atoms with Crippen molar-refractivity contribution in [2.45, 2.75) is 12.8 Å². The molecule has 1 saturated heterocycles. The average molecular weight is 215 g/mol.